The number of carbonyl (C=O) groups is 1. The summed E-state index contributed by atoms with van der Waals surface area (Å²) in [5.41, 5.74) is 0.444. The zero-order chi connectivity index (χ0) is 20.3. The van der Waals surface area contributed by atoms with Crippen molar-refractivity contribution < 1.29 is 9.90 Å². The minimum atomic E-state index is -0.331. The number of aliphatic hydroxyl groups is 1. The van der Waals surface area contributed by atoms with Crippen LogP contribution in [0, 0.1) is 23.7 Å². The van der Waals surface area contributed by atoms with Gasteiger partial charge in [0.15, 0.2) is 0 Å². The molecule has 6 heteroatoms. The van der Waals surface area contributed by atoms with E-state index in [0.29, 0.717) is 24.1 Å². The van der Waals surface area contributed by atoms with Crippen LogP contribution >= 0.6 is 0 Å². The fourth-order valence-corrected chi connectivity index (χ4v) is 6.75. The highest BCUT2D eigenvalue weighted by molar-refractivity contribution is 5.99. The number of fused-ring (bicyclic) bond motifs is 2. The predicted molar refractivity (Wildman–Crippen MR) is 113 cm³/mol. The maximum absolute atomic E-state index is 13.5. The number of amides is 1. The first-order valence-electron chi connectivity index (χ1n) is 11.6. The first-order chi connectivity index (χ1) is 13.8. The quantitative estimate of drug-likeness (QED) is 0.818. The van der Waals surface area contributed by atoms with Gasteiger partial charge in [-0.15, -0.1) is 0 Å². The average molecular weight is 401 g/mol. The fraction of sp³-hybridized carbons (Fsp3) is 0.826. The Morgan fingerprint density at radius 3 is 2.66 bits per heavy atom. The van der Waals surface area contributed by atoms with Gasteiger partial charge in [-0.1, -0.05) is 0 Å². The van der Waals surface area contributed by atoms with E-state index >= 15 is 0 Å². The van der Waals surface area contributed by atoms with Crippen LogP contribution in [0.15, 0.2) is 6.20 Å². The molecule has 0 aromatic carbocycles. The van der Waals surface area contributed by atoms with Gasteiger partial charge in [0, 0.05) is 19.1 Å². The summed E-state index contributed by atoms with van der Waals surface area (Å²) < 4.78 is 1.96. The number of rotatable bonds is 3. The van der Waals surface area contributed by atoms with Crippen LogP contribution < -0.4 is 10.2 Å². The number of nitrogens with zero attached hydrogens (tertiary/aromatic N) is 3. The maximum atomic E-state index is 13.5. The molecule has 1 aliphatic heterocycles. The molecule has 5 rings (SSSR count). The summed E-state index contributed by atoms with van der Waals surface area (Å²) in [6, 6.07) is 0.304. The summed E-state index contributed by atoms with van der Waals surface area (Å²) in [5, 5.41) is 18.1. The van der Waals surface area contributed by atoms with E-state index in [2.05, 4.69) is 36.1 Å². The van der Waals surface area contributed by atoms with Crippen molar-refractivity contribution >= 4 is 11.7 Å². The molecule has 2 N–H and O–H groups in total. The Labute approximate surface area is 174 Å². The molecular formula is C23H36N4O2. The van der Waals surface area contributed by atoms with Crippen LogP contribution in [-0.2, 0) is 5.54 Å². The average Bonchev–Trinajstić information content (AvgIpc) is 3.32. The molecule has 6 unspecified atom stereocenters. The van der Waals surface area contributed by atoms with Gasteiger partial charge in [0.1, 0.15) is 11.4 Å². The number of hydrogen-bond donors (Lipinski definition) is 2. The topological polar surface area (TPSA) is 70.4 Å². The Bertz CT molecular complexity index is 782. The molecule has 3 bridgehead atoms. The molecule has 4 fully saturated rings. The van der Waals surface area contributed by atoms with Crippen molar-refractivity contribution in [2.24, 2.45) is 23.7 Å². The number of carbonyl (C=O) groups excluding carboxylic acids is 1. The molecule has 160 valence electrons. The summed E-state index contributed by atoms with van der Waals surface area (Å²) in [7, 11) is 0. The van der Waals surface area contributed by atoms with Gasteiger partial charge in [-0.3, -0.25) is 4.79 Å². The number of aliphatic hydroxyl groups excluding tert-OH is 1. The number of aromatic nitrogens is 2. The molecular weight excluding hydrogens is 364 g/mol. The lowest BCUT2D eigenvalue weighted by Gasteiger charge is -2.29. The largest absolute Gasteiger partial charge is 0.391 e. The van der Waals surface area contributed by atoms with Gasteiger partial charge in [0.2, 0.25) is 0 Å². The molecule has 29 heavy (non-hydrogen) atoms. The molecule has 0 radical (unpaired) electrons. The number of hydrogen-bond acceptors (Lipinski definition) is 4. The second-order valence-electron chi connectivity index (χ2n) is 11.1. The molecule has 4 aliphatic rings. The van der Waals surface area contributed by atoms with Crippen molar-refractivity contribution in [3.63, 3.8) is 0 Å². The Morgan fingerprint density at radius 2 is 1.93 bits per heavy atom. The number of β-amino-alcohol motifs (C(OH)–C–C–N with tert-alkyl or cyclic N) is 1. The molecule has 1 saturated heterocycles. The van der Waals surface area contributed by atoms with Gasteiger partial charge >= 0.3 is 0 Å². The Hall–Kier alpha value is -1.56. The Balaban J connectivity index is 1.40. The monoisotopic (exact) mass is 400 g/mol. The van der Waals surface area contributed by atoms with E-state index in [9.17, 15) is 9.90 Å². The lowest BCUT2D eigenvalue weighted by Crippen LogP contribution is -2.41. The summed E-state index contributed by atoms with van der Waals surface area (Å²) in [4.78, 5) is 15.6. The van der Waals surface area contributed by atoms with Crippen LogP contribution in [0.1, 0.15) is 76.1 Å². The van der Waals surface area contributed by atoms with Crippen molar-refractivity contribution in [3.8, 4) is 0 Å². The van der Waals surface area contributed by atoms with Crippen LogP contribution in [0.2, 0.25) is 0 Å². The van der Waals surface area contributed by atoms with Crippen LogP contribution in [-0.4, -0.2) is 46.0 Å². The zero-order valence-electron chi connectivity index (χ0n) is 18.1. The van der Waals surface area contributed by atoms with E-state index in [0.717, 1.165) is 43.0 Å². The first-order valence-corrected chi connectivity index (χ1v) is 11.6. The predicted octanol–water partition coefficient (Wildman–Crippen LogP) is 3.15. The lowest BCUT2D eigenvalue weighted by molar-refractivity contribution is 0.0913. The molecule has 2 heterocycles. The van der Waals surface area contributed by atoms with Gasteiger partial charge in [-0.2, -0.15) is 5.10 Å². The highest BCUT2D eigenvalue weighted by atomic mass is 16.3. The summed E-state index contributed by atoms with van der Waals surface area (Å²) in [5.74, 6) is 4.14. The summed E-state index contributed by atoms with van der Waals surface area (Å²) in [6.07, 6.45) is 10.0. The molecule has 1 amide bonds. The molecule has 6 nitrogen and oxygen atoms in total. The molecule has 1 aromatic heterocycles. The van der Waals surface area contributed by atoms with E-state index < -0.39 is 0 Å². The number of nitrogens with one attached hydrogen (secondary N) is 1. The molecule has 3 saturated carbocycles. The lowest BCUT2D eigenvalue weighted by atomic mass is 9.80. The van der Waals surface area contributed by atoms with E-state index in [-0.39, 0.29) is 17.6 Å². The summed E-state index contributed by atoms with van der Waals surface area (Å²) >= 11 is 0. The third kappa shape index (κ3) is 3.47. The second-order valence-corrected chi connectivity index (χ2v) is 11.1. The SMILES string of the molecule is CC(C)(C)n1ncc(C(=O)NC2CCC3CC4CC(C3)C2C4)c1N1CCC(O)C1. The van der Waals surface area contributed by atoms with Gasteiger partial charge in [-0.25, -0.2) is 4.68 Å². The van der Waals surface area contributed by atoms with E-state index in [1.54, 1.807) is 6.20 Å². The minimum Gasteiger partial charge on any atom is -0.391 e. The molecule has 6 atom stereocenters. The van der Waals surface area contributed by atoms with E-state index in [1.165, 1.54) is 32.1 Å². The molecule has 0 spiro atoms. The van der Waals surface area contributed by atoms with Crippen LogP contribution in [0.3, 0.4) is 0 Å². The standard InChI is InChI=1S/C23H36N4O2/c1-23(2,3)27-22(26-7-6-17(28)13-26)19(12-24-27)21(29)25-20-5-4-14-8-15-10-16(9-14)18(20)11-15/h12,14-18,20,28H,4-11,13H2,1-3H3,(H,25,29). The Morgan fingerprint density at radius 1 is 1.14 bits per heavy atom. The second kappa shape index (κ2) is 7.00. The zero-order valence-corrected chi connectivity index (χ0v) is 18.1. The van der Waals surface area contributed by atoms with Crippen molar-refractivity contribution in [3.05, 3.63) is 11.8 Å². The smallest absolute Gasteiger partial charge is 0.256 e. The van der Waals surface area contributed by atoms with Crippen molar-refractivity contribution in [2.45, 2.75) is 83.4 Å². The first kappa shape index (κ1) is 19.4. The fourth-order valence-electron chi connectivity index (χ4n) is 6.75. The normalized spacial score (nSPS) is 36.5. The van der Waals surface area contributed by atoms with Gasteiger partial charge < -0.3 is 15.3 Å². The van der Waals surface area contributed by atoms with Gasteiger partial charge in [0.25, 0.3) is 5.91 Å². The van der Waals surface area contributed by atoms with Crippen molar-refractivity contribution in [1.82, 2.24) is 15.1 Å². The van der Waals surface area contributed by atoms with Crippen molar-refractivity contribution in [2.75, 3.05) is 18.0 Å². The maximum Gasteiger partial charge on any atom is 0.256 e. The van der Waals surface area contributed by atoms with Crippen LogP contribution in [0.5, 0.6) is 0 Å². The Kier molecular flexibility index (Phi) is 4.68. The van der Waals surface area contributed by atoms with E-state index in [1.807, 2.05) is 4.68 Å². The minimum absolute atomic E-state index is 0.0168. The third-order valence-corrected chi connectivity index (χ3v) is 7.96. The van der Waals surface area contributed by atoms with Crippen LogP contribution in [0.25, 0.3) is 0 Å². The van der Waals surface area contributed by atoms with Gasteiger partial charge in [-0.05, 0) is 89.4 Å². The highest BCUT2D eigenvalue weighted by Gasteiger charge is 2.46. The highest BCUT2D eigenvalue weighted by Crippen LogP contribution is 2.53. The van der Waals surface area contributed by atoms with Gasteiger partial charge in [0.05, 0.1) is 17.8 Å². The molecule has 1 aromatic rings. The van der Waals surface area contributed by atoms with Crippen molar-refractivity contribution in [1.29, 1.82) is 0 Å². The molecule has 3 aliphatic carbocycles. The van der Waals surface area contributed by atoms with E-state index in [4.69, 9.17) is 0 Å². The number of anilines is 1. The van der Waals surface area contributed by atoms with Crippen LogP contribution in [0.4, 0.5) is 5.82 Å². The third-order valence-electron chi connectivity index (χ3n) is 7.96. The summed E-state index contributed by atoms with van der Waals surface area (Å²) in [6.45, 7) is 7.66.